The van der Waals surface area contributed by atoms with E-state index in [1.807, 2.05) is 20.8 Å². The zero-order valence-electron chi connectivity index (χ0n) is 20.7. The first-order valence-electron chi connectivity index (χ1n) is 12.4. The second-order valence-electron chi connectivity index (χ2n) is 10.1. The summed E-state index contributed by atoms with van der Waals surface area (Å²) in [6.45, 7) is 7.09. The fourth-order valence-corrected chi connectivity index (χ4v) is 4.93. The summed E-state index contributed by atoms with van der Waals surface area (Å²) < 4.78 is 5.55. The van der Waals surface area contributed by atoms with Gasteiger partial charge >= 0.3 is 0 Å². The minimum atomic E-state index is -0.588. The van der Waals surface area contributed by atoms with Crippen LogP contribution < -0.4 is 20.4 Å². The second kappa shape index (κ2) is 9.45. The summed E-state index contributed by atoms with van der Waals surface area (Å²) in [5.74, 6) is -1.42. The number of anilines is 1. The summed E-state index contributed by atoms with van der Waals surface area (Å²) >= 11 is 0. The van der Waals surface area contributed by atoms with Crippen LogP contribution in [0.15, 0.2) is 41.9 Å². The van der Waals surface area contributed by atoms with Gasteiger partial charge in [0.1, 0.15) is 18.5 Å². The van der Waals surface area contributed by atoms with Gasteiger partial charge in [-0.15, -0.1) is 0 Å². The highest BCUT2D eigenvalue weighted by atomic mass is 16.5. The van der Waals surface area contributed by atoms with Crippen LogP contribution in [0, 0.1) is 11.8 Å². The predicted octanol–water partition coefficient (Wildman–Crippen LogP) is 1.06. The van der Waals surface area contributed by atoms with Crippen molar-refractivity contribution in [3.05, 3.63) is 41.9 Å². The summed E-state index contributed by atoms with van der Waals surface area (Å²) in [7, 11) is 0. The molecule has 11 heteroatoms. The van der Waals surface area contributed by atoms with Crippen LogP contribution >= 0.6 is 0 Å². The Kier molecular flexibility index (Phi) is 6.33. The lowest BCUT2D eigenvalue weighted by atomic mass is 9.95. The van der Waals surface area contributed by atoms with Crippen molar-refractivity contribution in [1.29, 1.82) is 0 Å². The molecule has 0 spiro atoms. The number of aliphatic hydroxyl groups excluding tert-OH is 1. The molecule has 4 heterocycles. The van der Waals surface area contributed by atoms with Crippen molar-refractivity contribution in [1.82, 2.24) is 25.6 Å². The summed E-state index contributed by atoms with van der Waals surface area (Å²) in [5, 5.41) is 15.4. The van der Waals surface area contributed by atoms with Crippen molar-refractivity contribution in [2.75, 3.05) is 24.6 Å². The molecule has 36 heavy (non-hydrogen) atoms. The van der Waals surface area contributed by atoms with Crippen molar-refractivity contribution in [3.63, 3.8) is 0 Å². The van der Waals surface area contributed by atoms with Gasteiger partial charge in [-0.25, -0.2) is 15.4 Å². The number of rotatable bonds is 6. The maximum atomic E-state index is 13.3. The van der Waals surface area contributed by atoms with Crippen molar-refractivity contribution in [3.8, 4) is 5.88 Å². The average molecular weight is 497 g/mol. The van der Waals surface area contributed by atoms with Gasteiger partial charge in [0.05, 0.1) is 6.54 Å². The van der Waals surface area contributed by atoms with E-state index in [9.17, 15) is 19.5 Å². The van der Waals surface area contributed by atoms with E-state index in [4.69, 9.17) is 4.74 Å². The van der Waals surface area contributed by atoms with E-state index in [2.05, 4.69) is 15.7 Å². The third-order valence-electron chi connectivity index (χ3n) is 6.80. The standard InChI is InChI=1S/C25H32N6O5/c1-14(2)13-30-23-17(8-9-19(32)29-11-12-36-22-18(29)5-4-10-26-22)15(3)28-31(23)25(35)20(24(30)34)21(33)27-16-6-7-16/h4-5,8-10,14-17,23,28,34H,6-7,11-13H2,1-3H3,(H,27,33)/b9-8+. The fourth-order valence-electron chi connectivity index (χ4n) is 4.93. The predicted molar refractivity (Wildman–Crippen MR) is 130 cm³/mol. The molecule has 11 nitrogen and oxygen atoms in total. The summed E-state index contributed by atoms with van der Waals surface area (Å²) in [4.78, 5) is 46.8. The molecule has 0 bridgehead atoms. The molecule has 2 fully saturated rings. The van der Waals surface area contributed by atoms with E-state index in [0.717, 1.165) is 12.8 Å². The van der Waals surface area contributed by atoms with E-state index in [-0.39, 0.29) is 41.3 Å². The average Bonchev–Trinajstić information content (AvgIpc) is 3.60. The lowest BCUT2D eigenvalue weighted by Gasteiger charge is -2.42. The van der Waals surface area contributed by atoms with E-state index < -0.39 is 18.0 Å². The molecule has 1 aromatic heterocycles. The number of nitrogens with one attached hydrogen (secondary N) is 2. The third kappa shape index (κ3) is 4.39. The minimum absolute atomic E-state index is 0.0505. The Morgan fingerprint density at radius 3 is 2.86 bits per heavy atom. The van der Waals surface area contributed by atoms with Gasteiger partial charge in [-0.05, 0) is 43.9 Å². The molecule has 1 aliphatic carbocycles. The smallest absolute Gasteiger partial charge is 0.280 e. The van der Waals surface area contributed by atoms with Crippen LogP contribution in [-0.2, 0) is 14.4 Å². The fraction of sp³-hybridized carbons (Fsp3) is 0.520. The molecule has 4 aliphatic rings. The maximum absolute atomic E-state index is 13.3. The molecule has 0 aromatic carbocycles. The van der Waals surface area contributed by atoms with Gasteiger partial charge in [-0.3, -0.25) is 14.4 Å². The molecule has 0 radical (unpaired) electrons. The quantitative estimate of drug-likeness (QED) is 0.394. The van der Waals surface area contributed by atoms with Crippen LogP contribution in [0.25, 0.3) is 0 Å². The van der Waals surface area contributed by atoms with Crippen LogP contribution in [0.2, 0.25) is 0 Å². The van der Waals surface area contributed by atoms with E-state index in [1.54, 1.807) is 34.2 Å². The molecule has 3 N–H and O–H groups in total. The molecular weight excluding hydrogens is 464 g/mol. The topological polar surface area (TPSA) is 127 Å². The monoisotopic (exact) mass is 496 g/mol. The van der Waals surface area contributed by atoms with Gasteiger partial charge in [0.2, 0.25) is 11.8 Å². The molecule has 3 unspecified atom stereocenters. The van der Waals surface area contributed by atoms with Gasteiger partial charge in [0.25, 0.3) is 17.7 Å². The Morgan fingerprint density at radius 1 is 1.36 bits per heavy atom. The number of nitrogens with zero attached hydrogens (tertiary/aromatic N) is 4. The summed E-state index contributed by atoms with van der Waals surface area (Å²) in [6, 6.07) is 3.36. The number of hydrogen-bond donors (Lipinski definition) is 3. The number of ether oxygens (including phenoxy) is 1. The number of hydrogen-bond acceptors (Lipinski definition) is 8. The Labute approximate surface area is 209 Å². The van der Waals surface area contributed by atoms with Crippen LogP contribution in [0.5, 0.6) is 5.88 Å². The number of fused-ring (bicyclic) bond motifs is 2. The van der Waals surface area contributed by atoms with E-state index in [1.165, 1.54) is 11.1 Å². The maximum Gasteiger partial charge on any atom is 0.280 e. The van der Waals surface area contributed by atoms with Crippen LogP contribution in [-0.4, -0.2) is 75.7 Å². The number of aromatic nitrogens is 1. The number of hydrazine groups is 1. The van der Waals surface area contributed by atoms with Gasteiger partial charge < -0.3 is 25.0 Å². The number of carbonyl (C=O) groups is 3. The van der Waals surface area contributed by atoms with Gasteiger partial charge in [0, 0.05) is 30.7 Å². The highest BCUT2D eigenvalue weighted by Crippen LogP contribution is 2.36. The number of pyridine rings is 1. The SMILES string of the molecule is CC(C)CN1C(O)=C(C(=O)NC2CC2)C(=O)N2NC(C)C(/C=C/C(=O)N3CCOc4ncccc43)C12. The van der Waals surface area contributed by atoms with Crippen LogP contribution in [0.1, 0.15) is 33.6 Å². The highest BCUT2D eigenvalue weighted by molar-refractivity contribution is 6.19. The van der Waals surface area contributed by atoms with Gasteiger partial charge in [-0.2, -0.15) is 0 Å². The Balaban J connectivity index is 1.42. The molecule has 3 atom stereocenters. The normalized spacial score (nSPS) is 25.8. The molecule has 1 saturated carbocycles. The Hall–Kier alpha value is -3.60. The summed E-state index contributed by atoms with van der Waals surface area (Å²) in [6.07, 6.45) is 6.05. The first kappa shape index (κ1) is 24.1. The van der Waals surface area contributed by atoms with Gasteiger partial charge in [-0.1, -0.05) is 19.9 Å². The molecule has 5 rings (SSSR count). The number of carbonyl (C=O) groups excluding carboxylic acids is 3. The number of aliphatic hydroxyl groups is 1. The van der Waals surface area contributed by atoms with Crippen molar-refractivity contribution in [2.45, 2.75) is 51.9 Å². The zero-order chi connectivity index (χ0) is 25.6. The van der Waals surface area contributed by atoms with E-state index >= 15 is 0 Å². The lowest BCUT2D eigenvalue weighted by molar-refractivity contribution is -0.142. The molecule has 3 amide bonds. The largest absolute Gasteiger partial charge is 0.494 e. The van der Waals surface area contributed by atoms with Crippen LogP contribution in [0.3, 0.4) is 0 Å². The first-order valence-corrected chi connectivity index (χ1v) is 12.4. The van der Waals surface area contributed by atoms with Crippen molar-refractivity contribution >= 4 is 23.4 Å². The summed E-state index contributed by atoms with van der Waals surface area (Å²) in [5.41, 5.74) is 3.52. The second-order valence-corrected chi connectivity index (χ2v) is 10.1. The first-order chi connectivity index (χ1) is 17.3. The third-order valence-corrected chi connectivity index (χ3v) is 6.80. The Morgan fingerprint density at radius 2 is 2.14 bits per heavy atom. The van der Waals surface area contributed by atoms with Crippen LogP contribution in [0.4, 0.5) is 5.69 Å². The van der Waals surface area contributed by atoms with Crippen molar-refractivity contribution < 1.29 is 24.2 Å². The van der Waals surface area contributed by atoms with Crippen molar-refractivity contribution in [2.24, 2.45) is 11.8 Å². The number of amides is 3. The highest BCUT2D eigenvalue weighted by Gasteiger charge is 2.51. The Bertz CT molecular complexity index is 1130. The van der Waals surface area contributed by atoms with E-state index in [0.29, 0.717) is 31.3 Å². The minimum Gasteiger partial charge on any atom is -0.494 e. The van der Waals surface area contributed by atoms with Gasteiger partial charge in [0.15, 0.2) is 5.57 Å². The lowest BCUT2D eigenvalue weighted by Crippen LogP contribution is -2.59. The molecular formula is C25H32N6O5. The molecule has 1 saturated heterocycles. The molecule has 192 valence electrons. The zero-order valence-corrected chi connectivity index (χ0v) is 20.7. The molecule has 1 aromatic rings. The molecule has 3 aliphatic heterocycles.